The summed E-state index contributed by atoms with van der Waals surface area (Å²) in [4.78, 5) is 32.8. The molecule has 0 aliphatic heterocycles. The number of rotatable bonds is 17. The molecule has 3 aromatic rings. The van der Waals surface area contributed by atoms with Gasteiger partial charge in [-0.3, -0.25) is 9.59 Å². The highest BCUT2D eigenvalue weighted by Gasteiger charge is 2.40. The number of nitrogens with zero attached hydrogens (tertiary/aromatic N) is 1. The van der Waals surface area contributed by atoms with Gasteiger partial charge in [0.25, 0.3) is 0 Å². The summed E-state index contributed by atoms with van der Waals surface area (Å²) in [6.07, 6.45) is -1.39. The number of ether oxygens (including phenoxy) is 3. The predicted molar refractivity (Wildman–Crippen MR) is 179 cm³/mol. The molecule has 0 atom stereocenters. The Bertz CT molecular complexity index is 1450. The van der Waals surface area contributed by atoms with Crippen molar-refractivity contribution in [1.29, 1.82) is 0 Å². The molecule has 0 fully saturated rings. The Morgan fingerprint density at radius 1 is 0.660 bits per heavy atom. The zero-order valence-electron chi connectivity index (χ0n) is 27.6. The lowest BCUT2D eigenvalue weighted by Gasteiger charge is -2.19. The van der Waals surface area contributed by atoms with Gasteiger partial charge in [-0.2, -0.15) is 0 Å². The maximum atomic E-state index is 10.3. The number of carbonyl (C=O) groups is 3. The Hall–Kier alpha value is -4.87. The molecule has 0 aliphatic rings. The van der Waals surface area contributed by atoms with Crippen molar-refractivity contribution in [1.82, 2.24) is 4.90 Å². The molecule has 0 amide bonds. The van der Waals surface area contributed by atoms with Crippen molar-refractivity contribution in [2.24, 2.45) is 0 Å². The second-order valence-electron chi connectivity index (χ2n) is 10.5. The molecule has 254 valence electrons. The average molecular weight is 652 g/mol. The molecule has 0 spiro atoms. The molecule has 0 aliphatic carbocycles. The largest absolute Gasteiger partial charge is 0.497 e. The van der Waals surface area contributed by atoms with Crippen molar-refractivity contribution in [3.8, 4) is 17.2 Å². The van der Waals surface area contributed by atoms with E-state index in [1.807, 2.05) is 24.3 Å². The first-order valence-electron chi connectivity index (χ1n) is 15.3. The van der Waals surface area contributed by atoms with E-state index >= 15 is 0 Å². The summed E-state index contributed by atoms with van der Waals surface area (Å²) in [5.74, 6) is -2.42. The van der Waals surface area contributed by atoms with Crippen LogP contribution in [0.15, 0.2) is 72.8 Å². The standard InChI is InChI=1S/C30H37NO3.C6H8O7/c1-6-29(23-9-15-26(32-4)16-10-23)30(24-11-17-27(33-5)18-12-24)25-13-19-28(20-14-25)34-22-21-31(7-2)8-3;7-3(8)1-6(13,5(11)12)2-4(9)10/h9-20H,6-8,21-22H2,1-5H3;13H,1-2H2,(H,7,8)(H,9,10)(H,11,12)/b30-29-;. The molecular formula is C36H45NO10. The van der Waals surface area contributed by atoms with Gasteiger partial charge in [0.1, 0.15) is 23.9 Å². The van der Waals surface area contributed by atoms with Crippen molar-refractivity contribution in [2.75, 3.05) is 40.5 Å². The minimum atomic E-state index is -2.74. The quantitative estimate of drug-likeness (QED) is 0.135. The second-order valence-corrected chi connectivity index (χ2v) is 10.5. The molecule has 0 heterocycles. The van der Waals surface area contributed by atoms with Crippen LogP contribution in [0.25, 0.3) is 11.1 Å². The maximum absolute atomic E-state index is 10.3. The predicted octanol–water partition coefficient (Wildman–Crippen LogP) is 5.55. The van der Waals surface area contributed by atoms with Gasteiger partial charge < -0.3 is 39.5 Å². The number of aliphatic hydroxyl groups is 1. The molecule has 0 saturated heterocycles. The Kier molecular flexibility index (Phi) is 15.4. The fourth-order valence-electron chi connectivity index (χ4n) is 4.85. The number of aliphatic carboxylic acids is 3. The van der Waals surface area contributed by atoms with E-state index in [-0.39, 0.29) is 0 Å². The smallest absolute Gasteiger partial charge is 0.336 e. The topological polar surface area (TPSA) is 163 Å². The zero-order chi connectivity index (χ0) is 35.0. The van der Waals surface area contributed by atoms with Crippen molar-refractivity contribution in [3.63, 3.8) is 0 Å². The first-order chi connectivity index (χ1) is 22.4. The van der Waals surface area contributed by atoms with Crippen LogP contribution < -0.4 is 14.2 Å². The van der Waals surface area contributed by atoms with E-state index in [9.17, 15) is 14.4 Å². The van der Waals surface area contributed by atoms with E-state index < -0.39 is 36.4 Å². The van der Waals surface area contributed by atoms with Crippen LogP contribution in [-0.4, -0.2) is 89.3 Å². The summed E-state index contributed by atoms with van der Waals surface area (Å²) in [5.41, 5.74) is 3.26. The third kappa shape index (κ3) is 11.8. The molecule has 3 aromatic carbocycles. The van der Waals surface area contributed by atoms with Crippen LogP contribution in [0, 0.1) is 0 Å². The number of methoxy groups -OCH3 is 2. The van der Waals surface area contributed by atoms with Crippen LogP contribution in [0.1, 0.15) is 56.7 Å². The SMILES string of the molecule is CC/C(=C(\c1ccc(OC)cc1)c1ccc(OCCN(CC)CC)cc1)c1ccc(OC)cc1.O=C(O)CC(O)(CC(=O)O)C(=O)O. The van der Waals surface area contributed by atoms with Crippen molar-refractivity contribution in [3.05, 3.63) is 89.5 Å². The van der Waals surface area contributed by atoms with E-state index in [2.05, 4.69) is 74.2 Å². The summed E-state index contributed by atoms with van der Waals surface area (Å²) < 4.78 is 16.8. The fraction of sp³-hybridized carbons (Fsp3) is 0.361. The van der Waals surface area contributed by atoms with Crippen molar-refractivity contribution < 1.29 is 49.0 Å². The first-order valence-corrected chi connectivity index (χ1v) is 15.3. The molecule has 47 heavy (non-hydrogen) atoms. The zero-order valence-corrected chi connectivity index (χ0v) is 27.6. The van der Waals surface area contributed by atoms with E-state index in [4.69, 9.17) is 34.6 Å². The number of likely N-dealkylation sites (N-methyl/N-ethyl adjacent to an activating group) is 1. The highest BCUT2D eigenvalue weighted by atomic mass is 16.5. The van der Waals surface area contributed by atoms with Gasteiger partial charge in [0.2, 0.25) is 0 Å². The summed E-state index contributed by atoms with van der Waals surface area (Å²) in [5, 5.41) is 33.8. The molecule has 4 N–H and O–H groups in total. The molecular weight excluding hydrogens is 606 g/mol. The molecule has 0 unspecified atom stereocenters. The Morgan fingerprint density at radius 3 is 1.40 bits per heavy atom. The second kappa shape index (κ2) is 18.9. The fourth-order valence-corrected chi connectivity index (χ4v) is 4.85. The number of benzene rings is 3. The van der Waals surface area contributed by atoms with Gasteiger partial charge in [0.15, 0.2) is 5.60 Å². The monoisotopic (exact) mass is 651 g/mol. The van der Waals surface area contributed by atoms with Gasteiger partial charge in [-0.15, -0.1) is 0 Å². The van der Waals surface area contributed by atoms with Crippen LogP contribution in [0.5, 0.6) is 17.2 Å². The Morgan fingerprint density at radius 2 is 1.06 bits per heavy atom. The molecule has 0 bridgehead atoms. The third-order valence-electron chi connectivity index (χ3n) is 7.47. The van der Waals surface area contributed by atoms with Crippen LogP contribution in [0.4, 0.5) is 0 Å². The number of hydrogen-bond acceptors (Lipinski definition) is 8. The summed E-state index contributed by atoms with van der Waals surface area (Å²) in [7, 11) is 3.39. The van der Waals surface area contributed by atoms with Crippen molar-refractivity contribution >= 4 is 29.1 Å². The number of allylic oxidation sites excluding steroid dienone is 1. The molecule has 0 aromatic heterocycles. The molecule has 11 heteroatoms. The van der Waals surface area contributed by atoms with Crippen LogP contribution in [0.2, 0.25) is 0 Å². The van der Waals surface area contributed by atoms with Gasteiger partial charge >= 0.3 is 17.9 Å². The molecule has 0 saturated carbocycles. The Labute approximate surface area is 275 Å². The van der Waals surface area contributed by atoms with Crippen LogP contribution >= 0.6 is 0 Å². The van der Waals surface area contributed by atoms with Crippen LogP contribution in [0.3, 0.4) is 0 Å². The summed E-state index contributed by atoms with van der Waals surface area (Å²) >= 11 is 0. The lowest BCUT2D eigenvalue weighted by molar-refractivity contribution is -0.170. The lowest BCUT2D eigenvalue weighted by Crippen LogP contribution is -2.42. The van der Waals surface area contributed by atoms with Gasteiger partial charge in [0.05, 0.1) is 27.1 Å². The van der Waals surface area contributed by atoms with Crippen molar-refractivity contribution in [2.45, 2.75) is 45.6 Å². The van der Waals surface area contributed by atoms with Crippen LogP contribution in [-0.2, 0) is 14.4 Å². The minimum absolute atomic E-state index is 0.689. The highest BCUT2D eigenvalue weighted by Crippen LogP contribution is 2.36. The summed E-state index contributed by atoms with van der Waals surface area (Å²) in [6, 6.07) is 25.0. The molecule has 11 nitrogen and oxygen atoms in total. The van der Waals surface area contributed by atoms with E-state index in [0.717, 1.165) is 54.4 Å². The number of carboxylic acid groups (broad SMARTS) is 3. The van der Waals surface area contributed by atoms with E-state index in [0.29, 0.717) is 6.61 Å². The normalized spacial score (nSPS) is 11.6. The summed E-state index contributed by atoms with van der Waals surface area (Å²) in [6.45, 7) is 10.3. The minimum Gasteiger partial charge on any atom is -0.497 e. The highest BCUT2D eigenvalue weighted by molar-refractivity contribution is 5.98. The van der Waals surface area contributed by atoms with Gasteiger partial charge in [-0.25, -0.2) is 4.79 Å². The molecule has 0 radical (unpaired) electrons. The average Bonchev–Trinajstić information content (AvgIpc) is 3.05. The van der Waals surface area contributed by atoms with Gasteiger partial charge in [-0.05, 0) is 83.7 Å². The third-order valence-corrected chi connectivity index (χ3v) is 7.47. The van der Waals surface area contributed by atoms with Gasteiger partial charge in [-0.1, -0.05) is 57.2 Å². The Balaban J connectivity index is 0.000000500. The lowest BCUT2D eigenvalue weighted by atomic mass is 9.88. The number of carboxylic acids is 3. The van der Waals surface area contributed by atoms with E-state index in [1.165, 1.54) is 16.7 Å². The van der Waals surface area contributed by atoms with E-state index in [1.54, 1.807) is 14.2 Å². The first kappa shape index (κ1) is 38.3. The number of hydrogen-bond donors (Lipinski definition) is 4. The maximum Gasteiger partial charge on any atom is 0.336 e. The molecule has 3 rings (SSSR count). The van der Waals surface area contributed by atoms with Gasteiger partial charge in [0, 0.05) is 6.54 Å².